The fourth-order valence-electron chi connectivity index (χ4n) is 2.10. The van der Waals surface area contributed by atoms with Crippen molar-refractivity contribution in [2.75, 3.05) is 62.7 Å². The molecule has 150 valence electrons. The van der Waals surface area contributed by atoms with Gasteiger partial charge in [-0.3, -0.25) is 19.3 Å². The minimum absolute atomic E-state index is 0.106. The van der Waals surface area contributed by atoms with Gasteiger partial charge in [0.15, 0.2) is 6.61 Å². The monoisotopic (exact) mass is 417 g/mol. The minimum Gasteiger partial charge on any atom is -0.386 e. The van der Waals surface area contributed by atoms with E-state index in [1.165, 1.54) is 12.2 Å². The van der Waals surface area contributed by atoms with Gasteiger partial charge in [-0.1, -0.05) is 5.16 Å². The summed E-state index contributed by atoms with van der Waals surface area (Å²) in [6.45, 7) is 1.80. The van der Waals surface area contributed by atoms with E-state index in [1.54, 1.807) is 23.5 Å². The maximum absolute atomic E-state index is 11.6. The molecule has 0 spiro atoms. The molecule has 2 rings (SSSR count). The highest BCUT2D eigenvalue weighted by molar-refractivity contribution is 8.17. The van der Waals surface area contributed by atoms with E-state index in [9.17, 15) is 14.4 Å². The number of nitrogens with zero attached hydrogens (tertiary/aromatic N) is 2. The molecule has 1 saturated heterocycles. The van der Waals surface area contributed by atoms with Crippen LogP contribution in [0.15, 0.2) is 17.3 Å². The van der Waals surface area contributed by atoms with Crippen molar-refractivity contribution in [2.45, 2.75) is 0 Å². The first kappa shape index (κ1) is 21.7. The highest BCUT2D eigenvalue weighted by Gasteiger charge is 2.22. The van der Waals surface area contributed by atoms with Crippen LogP contribution in [-0.4, -0.2) is 91.0 Å². The first-order valence-electron chi connectivity index (χ1n) is 8.45. The molecule has 0 saturated carbocycles. The van der Waals surface area contributed by atoms with E-state index >= 15 is 0 Å². The largest absolute Gasteiger partial charge is 0.386 e. The second kappa shape index (κ2) is 12.8. The van der Waals surface area contributed by atoms with Gasteiger partial charge in [-0.05, 0) is 0 Å². The van der Waals surface area contributed by atoms with Gasteiger partial charge in [0.25, 0.3) is 17.7 Å². The van der Waals surface area contributed by atoms with Crippen LogP contribution in [0.2, 0.25) is 0 Å². The van der Waals surface area contributed by atoms with Gasteiger partial charge >= 0.3 is 0 Å². The van der Waals surface area contributed by atoms with Crippen molar-refractivity contribution in [3.8, 4) is 0 Å². The average Bonchev–Trinajstić information content (AvgIpc) is 2.99. The molecule has 3 amide bonds. The van der Waals surface area contributed by atoms with Crippen LogP contribution >= 0.6 is 23.5 Å². The van der Waals surface area contributed by atoms with Crippen molar-refractivity contribution in [3.05, 3.63) is 12.2 Å². The summed E-state index contributed by atoms with van der Waals surface area (Å²) in [5.41, 5.74) is 0.960. The molecule has 0 aliphatic carbocycles. The standard InChI is InChI=1S/C16H23N3O6S2/c20-14(9-25-18-13-10-26-12-27-11-13)17-3-5-23-7-8-24-6-4-19-15(21)1-2-16(19)22/h1-2H,3-12H2,(H,17,20). The predicted octanol–water partition coefficient (Wildman–Crippen LogP) is -0.129. The topological polar surface area (TPSA) is 107 Å². The Kier molecular flexibility index (Phi) is 10.3. The number of carbonyl (C=O) groups excluding carboxylic acids is 3. The van der Waals surface area contributed by atoms with Crippen LogP contribution in [0, 0.1) is 0 Å². The number of thioether (sulfide) groups is 2. The Morgan fingerprint density at radius 2 is 1.74 bits per heavy atom. The number of carbonyl (C=O) groups is 3. The summed E-state index contributed by atoms with van der Waals surface area (Å²) in [4.78, 5) is 40.4. The Balaban J connectivity index is 1.37. The second-order valence-corrected chi connectivity index (χ2v) is 7.82. The normalized spacial score (nSPS) is 16.7. The molecule has 1 N–H and O–H groups in total. The maximum Gasteiger partial charge on any atom is 0.260 e. The summed E-state index contributed by atoms with van der Waals surface area (Å²) in [7, 11) is 0. The van der Waals surface area contributed by atoms with E-state index in [1.807, 2.05) is 0 Å². The average molecular weight is 418 g/mol. The Labute approximate surface area is 166 Å². The number of nitrogens with one attached hydrogen (secondary N) is 1. The van der Waals surface area contributed by atoms with Gasteiger partial charge in [0.05, 0.1) is 38.7 Å². The maximum atomic E-state index is 11.6. The Morgan fingerprint density at radius 3 is 2.44 bits per heavy atom. The molecular formula is C16H23N3O6S2. The van der Waals surface area contributed by atoms with Gasteiger partial charge in [-0.2, -0.15) is 0 Å². The zero-order valence-electron chi connectivity index (χ0n) is 14.9. The van der Waals surface area contributed by atoms with Crippen LogP contribution in [0.4, 0.5) is 0 Å². The number of oxime groups is 1. The van der Waals surface area contributed by atoms with Crippen LogP contribution in [0.1, 0.15) is 0 Å². The highest BCUT2D eigenvalue weighted by Crippen LogP contribution is 2.19. The summed E-state index contributed by atoms with van der Waals surface area (Å²) in [6, 6.07) is 0. The van der Waals surface area contributed by atoms with Crippen LogP contribution in [0.5, 0.6) is 0 Å². The molecule has 0 unspecified atom stereocenters. The molecule has 0 atom stereocenters. The van der Waals surface area contributed by atoms with Gasteiger partial charge in [0.1, 0.15) is 0 Å². The summed E-state index contributed by atoms with van der Waals surface area (Å²) in [5.74, 6) is 0.826. The molecule has 11 heteroatoms. The lowest BCUT2D eigenvalue weighted by atomic mass is 10.5. The van der Waals surface area contributed by atoms with E-state index in [-0.39, 0.29) is 37.5 Å². The third-order valence-electron chi connectivity index (χ3n) is 3.39. The van der Waals surface area contributed by atoms with E-state index in [0.717, 1.165) is 27.2 Å². The van der Waals surface area contributed by atoms with Crippen molar-refractivity contribution >= 4 is 47.0 Å². The minimum atomic E-state index is -0.317. The molecule has 0 aromatic heterocycles. The Hall–Kier alpha value is -1.56. The molecule has 0 aromatic rings. The van der Waals surface area contributed by atoms with Crippen molar-refractivity contribution < 1.29 is 28.7 Å². The van der Waals surface area contributed by atoms with Crippen LogP contribution in [-0.2, 0) is 28.7 Å². The van der Waals surface area contributed by atoms with E-state index < -0.39 is 0 Å². The number of ether oxygens (including phenoxy) is 2. The smallest absolute Gasteiger partial charge is 0.260 e. The third kappa shape index (κ3) is 8.78. The molecule has 1 fully saturated rings. The zero-order chi connectivity index (χ0) is 19.3. The lowest BCUT2D eigenvalue weighted by molar-refractivity contribution is -0.137. The third-order valence-corrected chi connectivity index (χ3v) is 5.80. The quantitative estimate of drug-likeness (QED) is 0.266. The molecule has 9 nitrogen and oxygen atoms in total. The fraction of sp³-hybridized carbons (Fsp3) is 0.625. The lowest BCUT2D eigenvalue weighted by Gasteiger charge is -2.13. The van der Waals surface area contributed by atoms with E-state index in [0.29, 0.717) is 26.4 Å². The van der Waals surface area contributed by atoms with Crippen LogP contribution in [0.3, 0.4) is 0 Å². The first-order chi connectivity index (χ1) is 13.2. The Morgan fingerprint density at radius 1 is 1.07 bits per heavy atom. The van der Waals surface area contributed by atoms with Crippen molar-refractivity contribution in [3.63, 3.8) is 0 Å². The van der Waals surface area contributed by atoms with Crippen molar-refractivity contribution in [1.82, 2.24) is 10.2 Å². The molecular weight excluding hydrogens is 394 g/mol. The van der Waals surface area contributed by atoms with Gasteiger partial charge in [0.2, 0.25) is 0 Å². The molecule has 2 heterocycles. The highest BCUT2D eigenvalue weighted by atomic mass is 32.2. The van der Waals surface area contributed by atoms with Crippen molar-refractivity contribution in [2.24, 2.45) is 5.16 Å². The Bertz CT molecular complexity index is 559. The number of amides is 3. The first-order valence-corrected chi connectivity index (χ1v) is 10.8. The van der Waals surface area contributed by atoms with Gasteiger partial charge in [-0.25, -0.2) is 0 Å². The van der Waals surface area contributed by atoms with Gasteiger partial charge in [-0.15, -0.1) is 23.5 Å². The fourth-order valence-corrected chi connectivity index (χ4v) is 4.15. The SMILES string of the molecule is O=C(CON=C1CSCSC1)NCCOCCOCCN1C(=O)C=CC1=O. The second-order valence-electron chi connectivity index (χ2n) is 5.48. The zero-order valence-corrected chi connectivity index (χ0v) is 16.5. The number of hydrogen-bond acceptors (Lipinski definition) is 9. The van der Waals surface area contributed by atoms with E-state index in [4.69, 9.17) is 14.3 Å². The van der Waals surface area contributed by atoms with E-state index in [2.05, 4.69) is 10.5 Å². The summed E-state index contributed by atoms with van der Waals surface area (Å²) in [6.07, 6.45) is 2.48. The predicted molar refractivity (Wildman–Crippen MR) is 104 cm³/mol. The summed E-state index contributed by atoms with van der Waals surface area (Å²) >= 11 is 3.57. The number of hydrogen-bond donors (Lipinski definition) is 1. The molecule has 0 radical (unpaired) electrons. The molecule has 0 bridgehead atoms. The number of rotatable bonds is 12. The van der Waals surface area contributed by atoms with Crippen LogP contribution in [0.25, 0.3) is 0 Å². The molecule has 27 heavy (non-hydrogen) atoms. The lowest BCUT2D eigenvalue weighted by Crippen LogP contribution is -2.33. The number of imide groups is 1. The summed E-state index contributed by atoms with van der Waals surface area (Å²) in [5, 5.41) is 7.70. The summed E-state index contributed by atoms with van der Waals surface area (Å²) < 4.78 is 10.6. The molecule has 0 aromatic carbocycles. The van der Waals surface area contributed by atoms with Crippen LogP contribution < -0.4 is 5.32 Å². The van der Waals surface area contributed by atoms with Crippen molar-refractivity contribution in [1.29, 1.82) is 0 Å². The molecule has 2 aliphatic heterocycles. The molecule has 2 aliphatic rings. The van der Waals surface area contributed by atoms with Gasteiger partial charge < -0.3 is 19.6 Å². The van der Waals surface area contributed by atoms with Gasteiger partial charge in [0, 0.05) is 35.3 Å².